The van der Waals surface area contributed by atoms with Gasteiger partial charge >= 0.3 is 0 Å². The van der Waals surface area contributed by atoms with Gasteiger partial charge in [-0.3, -0.25) is 5.10 Å². The maximum atomic E-state index is 5.78. The van der Waals surface area contributed by atoms with Crippen molar-refractivity contribution in [1.29, 1.82) is 0 Å². The van der Waals surface area contributed by atoms with E-state index in [9.17, 15) is 0 Å². The van der Waals surface area contributed by atoms with Gasteiger partial charge < -0.3 is 10.6 Å². The van der Waals surface area contributed by atoms with Crippen LogP contribution in [0.15, 0.2) is 28.7 Å². The van der Waals surface area contributed by atoms with Gasteiger partial charge in [-0.1, -0.05) is 28.1 Å². The van der Waals surface area contributed by atoms with Gasteiger partial charge in [-0.25, -0.2) is 0 Å². The monoisotopic (exact) mass is 349 g/mol. The molecule has 112 valence electrons. The zero-order chi connectivity index (χ0) is 14.7. The van der Waals surface area contributed by atoms with Gasteiger partial charge in [0.25, 0.3) is 0 Å². The van der Waals surface area contributed by atoms with Crippen molar-refractivity contribution in [2.75, 3.05) is 24.5 Å². The molecule has 21 heavy (non-hydrogen) atoms. The number of nitrogens with two attached hydrogens (primary N) is 1. The van der Waals surface area contributed by atoms with Gasteiger partial charge in [0.2, 0.25) is 5.95 Å². The Morgan fingerprint density at radius 2 is 2.14 bits per heavy atom. The van der Waals surface area contributed by atoms with Crippen LogP contribution in [0.4, 0.5) is 5.95 Å². The highest BCUT2D eigenvalue weighted by Crippen LogP contribution is 2.20. The van der Waals surface area contributed by atoms with E-state index < -0.39 is 0 Å². The topological polar surface area (TPSA) is 70.8 Å². The van der Waals surface area contributed by atoms with Crippen molar-refractivity contribution in [3.8, 4) is 0 Å². The molecule has 1 fully saturated rings. The van der Waals surface area contributed by atoms with Crippen LogP contribution < -0.4 is 10.6 Å². The van der Waals surface area contributed by atoms with Gasteiger partial charge in [0.1, 0.15) is 5.82 Å². The second kappa shape index (κ2) is 6.58. The van der Waals surface area contributed by atoms with Crippen LogP contribution in [-0.2, 0) is 6.42 Å². The molecule has 3 N–H and O–H groups in total. The molecular weight excluding hydrogens is 330 g/mol. The van der Waals surface area contributed by atoms with Gasteiger partial charge in [0.05, 0.1) is 0 Å². The first-order valence-electron chi connectivity index (χ1n) is 7.35. The zero-order valence-electron chi connectivity index (χ0n) is 11.9. The molecule has 0 saturated carbocycles. The number of halogens is 1. The molecule has 0 aliphatic carbocycles. The number of hydrogen-bond acceptors (Lipinski definition) is 4. The highest BCUT2D eigenvalue weighted by atomic mass is 79.9. The molecule has 1 aliphatic rings. The van der Waals surface area contributed by atoms with Crippen molar-refractivity contribution in [3.63, 3.8) is 0 Å². The van der Waals surface area contributed by atoms with Crippen LogP contribution in [-0.4, -0.2) is 34.8 Å². The Hall–Kier alpha value is -1.40. The lowest BCUT2D eigenvalue weighted by atomic mass is 9.99. The Morgan fingerprint density at radius 1 is 1.33 bits per heavy atom. The Morgan fingerprint density at radius 3 is 2.90 bits per heavy atom. The van der Waals surface area contributed by atoms with Crippen molar-refractivity contribution in [3.05, 3.63) is 40.1 Å². The van der Waals surface area contributed by atoms with Crippen LogP contribution in [0, 0.1) is 5.92 Å². The van der Waals surface area contributed by atoms with E-state index in [0.717, 1.165) is 42.3 Å². The lowest BCUT2D eigenvalue weighted by Gasteiger charge is -2.31. The lowest BCUT2D eigenvalue weighted by molar-refractivity contribution is 0.420. The Labute approximate surface area is 133 Å². The van der Waals surface area contributed by atoms with Crippen LogP contribution in [0.3, 0.4) is 0 Å². The standard InChI is InChI=1S/C15H20BrN5/c16-13-5-3-11(4-6-13)8-14-18-15(20-19-14)21-7-1-2-12(9-17)10-21/h3-6,12H,1-2,7-10,17H2,(H,18,19,20). The fourth-order valence-corrected chi connectivity index (χ4v) is 3.00. The first-order valence-corrected chi connectivity index (χ1v) is 8.14. The number of nitrogens with one attached hydrogen (secondary N) is 1. The van der Waals surface area contributed by atoms with E-state index in [-0.39, 0.29) is 0 Å². The number of benzene rings is 1. The van der Waals surface area contributed by atoms with E-state index in [4.69, 9.17) is 5.73 Å². The molecule has 1 unspecified atom stereocenters. The molecule has 2 heterocycles. The number of H-pyrrole nitrogens is 1. The van der Waals surface area contributed by atoms with Gasteiger partial charge in [-0.05, 0) is 43.0 Å². The summed E-state index contributed by atoms with van der Waals surface area (Å²) in [4.78, 5) is 6.87. The summed E-state index contributed by atoms with van der Waals surface area (Å²) in [6.07, 6.45) is 3.15. The quantitative estimate of drug-likeness (QED) is 0.888. The minimum Gasteiger partial charge on any atom is -0.339 e. The molecule has 0 radical (unpaired) electrons. The number of piperidine rings is 1. The Balaban J connectivity index is 1.67. The van der Waals surface area contributed by atoms with Crippen LogP contribution in [0.2, 0.25) is 0 Å². The molecule has 1 aliphatic heterocycles. The molecule has 0 spiro atoms. The van der Waals surface area contributed by atoms with Crippen molar-refractivity contribution in [2.45, 2.75) is 19.3 Å². The van der Waals surface area contributed by atoms with Crippen molar-refractivity contribution < 1.29 is 0 Å². The lowest BCUT2D eigenvalue weighted by Crippen LogP contribution is -2.39. The molecule has 0 amide bonds. The summed E-state index contributed by atoms with van der Waals surface area (Å²) in [6.45, 7) is 2.73. The fraction of sp³-hybridized carbons (Fsp3) is 0.467. The summed E-state index contributed by atoms with van der Waals surface area (Å²) in [5.74, 6) is 2.27. The first-order chi connectivity index (χ1) is 10.2. The van der Waals surface area contributed by atoms with Crippen LogP contribution in [0.1, 0.15) is 24.2 Å². The molecule has 5 nitrogen and oxygen atoms in total. The maximum Gasteiger partial charge on any atom is 0.244 e. The minimum atomic E-state index is 0.562. The van der Waals surface area contributed by atoms with Gasteiger partial charge in [0, 0.05) is 24.0 Å². The molecule has 1 aromatic carbocycles. The molecule has 1 atom stereocenters. The third kappa shape index (κ3) is 3.63. The van der Waals surface area contributed by atoms with E-state index in [1.165, 1.54) is 18.4 Å². The van der Waals surface area contributed by atoms with Crippen molar-refractivity contribution in [1.82, 2.24) is 15.2 Å². The number of hydrogen-bond donors (Lipinski definition) is 2. The normalized spacial score (nSPS) is 19.0. The zero-order valence-corrected chi connectivity index (χ0v) is 13.5. The number of aromatic nitrogens is 3. The van der Waals surface area contributed by atoms with Gasteiger partial charge in [-0.2, -0.15) is 4.98 Å². The summed E-state index contributed by atoms with van der Waals surface area (Å²) in [6, 6.07) is 8.28. The predicted molar refractivity (Wildman–Crippen MR) is 87.3 cm³/mol. The second-order valence-electron chi connectivity index (χ2n) is 5.58. The summed E-state index contributed by atoms with van der Waals surface area (Å²) in [7, 11) is 0. The van der Waals surface area contributed by atoms with E-state index in [0.29, 0.717) is 5.92 Å². The predicted octanol–water partition coefficient (Wildman–Crippen LogP) is 2.33. The molecular formula is C15H20BrN5. The summed E-state index contributed by atoms with van der Waals surface area (Å²) >= 11 is 3.45. The Kier molecular flexibility index (Phi) is 4.55. The smallest absolute Gasteiger partial charge is 0.244 e. The molecule has 1 saturated heterocycles. The Bertz CT molecular complexity index is 580. The third-order valence-corrected chi connectivity index (χ3v) is 4.47. The highest BCUT2D eigenvalue weighted by molar-refractivity contribution is 9.10. The largest absolute Gasteiger partial charge is 0.339 e. The second-order valence-corrected chi connectivity index (χ2v) is 6.49. The van der Waals surface area contributed by atoms with E-state index >= 15 is 0 Å². The summed E-state index contributed by atoms with van der Waals surface area (Å²) < 4.78 is 1.09. The minimum absolute atomic E-state index is 0.562. The first kappa shape index (κ1) is 14.5. The van der Waals surface area contributed by atoms with Crippen LogP contribution in [0.25, 0.3) is 0 Å². The number of rotatable bonds is 4. The maximum absolute atomic E-state index is 5.78. The van der Waals surface area contributed by atoms with Gasteiger partial charge in [-0.15, -0.1) is 5.10 Å². The molecule has 0 bridgehead atoms. The average molecular weight is 350 g/mol. The molecule has 6 heteroatoms. The number of anilines is 1. The SMILES string of the molecule is NCC1CCCN(c2n[nH]c(Cc3ccc(Br)cc3)n2)C1. The number of aromatic amines is 1. The summed E-state index contributed by atoms with van der Waals surface area (Å²) in [5.41, 5.74) is 7.01. The fourth-order valence-electron chi connectivity index (χ4n) is 2.74. The average Bonchev–Trinajstić information content (AvgIpc) is 2.98. The number of nitrogens with zero attached hydrogens (tertiary/aromatic N) is 3. The van der Waals surface area contributed by atoms with E-state index in [2.05, 4.69) is 48.1 Å². The van der Waals surface area contributed by atoms with Gasteiger partial charge in [0.15, 0.2) is 0 Å². The van der Waals surface area contributed by atoms with E-state index in [1.54, 1.807) is 0 Å². The van der Waals surface area contributed by atoms with Crippen molar-refractivity contribution in [2.24, 2.45) is 11.7 Å². The molecule has 1 aromatic heterocycles. The van der Waals surface area contributed by atoms with Crippen LogP contribution in [0.5, 0.6) is 0 Å². The van der Waals surface area contributed by atoms with E-state index in [1.807, 2.05) is 12.1 Å². The van der Waals surface area contributed by atoms with Crippen molar-refractivity contribution >= 4 is 21.9 Å². The summed E-state index contributed by atoms with van der Waals surface area (Å²) in [5, 5.41) is 7.42. The molecule has 2 aromatic rings. The highest BCUT2D eigenvalue weighted by Gasteiger charge is 2.21. The third-order valence-electron chi connectivity index (χ3n) is 3.94. The van der Waals surface area contributed by atoms with Crippen LogP contribution >= 0.6 is 15.9 Å². The molecule has 3 rings (SSSR count).